The molecule has 37 heavy (non-hydrogen) atoms. The number of carbonyl (C=O) groups is 1. The molecule has 2 fully saturated rings. The quantitative estimate of drug-likeness (QED) is 0.480. The number of nitrogens with zero attached hydrogens (tertiary/aromatic N) is 2. The minimum Gasteiger partial charge on any atom is -0.338 e. The highest BCUT2D eigenvalue weighted by molar-refractivity contribution is 7.89. The van der Waals surface area contributed by atoms with Crippen molar-refractivity contribution in [1.29, 1.82) is 0 Å². The van der Waals surface area contributed by atoms with Gasteiger partial charge >= 0.3 is 0 Å². The van der Waals surface area contributed by atoms with Gasteiger partial charge in [0.15, 0.2) is 0 Å². The van der Waals surface area contributed by atoms with Crippen molar-refractivity contribution in [1.82, 2.24) is 14.5 Å². The predicted molar refractivity (Wildman–Crippen MR) is 146 cm³/mol. The number of amides is 1. The van der Waals surface area contributed by atoms with Crippen molar-refractivity contribution in [3.05, 3.63) is 101 Å². The summed E-state index contributed by atoms with van der Waals surface area (Å²) in [5.41, 5.74) is 3.88. The van der Waals surface area contributed by atoms with E-state index in [0.717, 1.165) is 55.0 Å². The van der Waals surface area contributed by atoms with Crippen molar-refractivity contribution in [2.75, 3.05) is 32.7 Å². The Labute approximate surface area is 220 Å². The van der Waals surface area contributed by atoms with E-state index in [9.17, 15) is 13.2 Å². The van der Waals surface area contributed by atoms with Gasteiger partial charge in [-0.25, -0.2) is 13.1 Å². The number of aryl methyl sites for hydroxylation is 2. The summed E-state index contributed by atoms with van der Waals surface area (Å²) in [4.78, 5) is 18.0. The number of likely N-dealkylation sites (tertiary alicyclic amines) is 2. The van der Waals surface area contributed by atoms with Crippen molar-refractivity contribution in [2.45, 2.75) is 31.2 Å². The molecule has 1 N–H and O–H groups in total. The van der Waals surface area contributed by atoms with Gasteiger partial charge in [-0.1, -0.05) is 66.7 Å². The molecule has 2 aliphatic heterocycles. The molecule has 0 spiro atoms. The lowest BCUT2D eigenvalue weighted by Crippen LogP contribution is -2.35. The van der Waals surface area contributed by atoms with Crippen LogP contribution in [0.15, 0.2) is 83.8 Å². The molecule has 2 unspecified atom stereocenters. The SMILES string of the molecule is Cc1cccc(C)c1C(=O)N1CC2CN(CC[C@@H](NS(=O)(=O)c3ccccc3)c3ccccc3)CC2C1. The average Bonchev–Trinajstić information content (AvgIpc) is 3.46. The van der Waals surface area contributed by atoms with Crippen LogP contribution in [-0.2, 0) is 10.0 Å². The van der Waals surface area contributed by atoms with Crippen LogP contribution in [0.25, 0.3) is 0 Å². The van der Waals surface area contributed by atoms with Crippen LogP contribution in [0.2, 0.25) is 0 Å². The zero-order valence-electron chi connectivity index (χ0n) is 21.5. The first-order chi connectivity index (χ1) is 17.8. The van der Waals surface area contributed by atoms with E-state index < -0.39 is 10.0 Å². The summed E-state index contributed by atoms with van der Waals surface area (Å²) in [6.07, 6.45) is 0.681. The molecule has 3 aromatic rings. The fraction of sp³-hybridized carbons (Fsp3) is 0.367. The Kier molecular flexibility index (Phi) is 7.47. The summed E-state index contributed by atoms with van der Waals surface area (Å²) in [6, 6.07) is 24.0. The van der Waals surface area contributed by atoms with Gasteiger partial charge in [-0.05, 0) is 60.9 Å². The van der Waals surface area contributed by atoms with E-state index in [1.54, 1.807) is 24.3 Å². The third kappa shape index (κ3) is 5.64. The molecule has 194 valence electrons. The van der Waals surface area contributed by atoms with Gasteiger partial charge in [-0.2, -0.15) is 0 Å². The van der Waals surface area contributed by atoms with Crippen molar-refractivity contribution >= 4 is 15.9 Å². The fourth-order valence-corrected chi connectivity index (χ4v) is 7.17. The molecule has 6 nitrogen and oxygen atoms in total. The molecule has 2 heterocycles. The highest BCUT2D eigenvalue weighted by atomic mass is 32.2. The van der Waals surface area contributed by atoms with Crippen molar-refractivity contribution in [2.24, 2.45) is 11.8 Å². The van der Waals surface area contributed by atoms with E-state index in [2.05, 4.69) is 9.62 Å². The fourth-order valence-electron chi connectivity index (χ4n) is 5.89. The molecular formula is C30H35N3O3S. The molecule has 2 aliphatic rings. The van der Waals surface area contributed by atoms with Gasteiger partial charge in [0.25, 0.3) is 5.91 Å². The highest BCUT2D eigenvalue weighted by Gasteiger charge is 2.42. The number of nitrogens with one attached hydrogen (secondary N) is 1. The molecule has 0 aliphatic carbocycles. The number of carbonyl (C=O) groups excluding carboxylic acids is 1. The molecule has 0 bridgehead atoms. The molecule has 0 aromatic heterocycles. The second-order valence-electron chi connectivity index (χ2n) is 10.4. The second kappa shape index (κ2) is 10.8. The number of benzene rings is 3. The minimum absolute atomic E-state index is 0.149. The molecular weight excluding hydrogens is 482 g/mol. The number of hydrogen-bond acceptors (Lipinski definition) is 4. The van der Waals surface area contributed by atoms with Crippen LogP contribution in [0.5, 0.6) is 0 Å². The van der Waals surface area contributed by atoms with E-state index in [1.807, 2.05) is 73.3 Å². The van der Waals surface area contributed by atoms with E-state index >= 15 is 0 Å². The summed E-state index contributed by atoms with van der Waals surface area (Å²) in [5.74, 6) is 1.07. The van der Waals surface area contributed by atoms with E-state index in [4.69, 9.17) is 0 Å². The van der Waals surface area contributed by atoms with Gasteiger partial charge in [0.05, 0.1) is 4.90 Å². The summed E-state index contributed by atoms with van der Waals surface area (Å²) >= 11 is 0. The summed E-state index contributed by atoms with van der Waals surface area (Å²) in [5, 5.41) is 0. The van der Waals surface area contributed by atoms with Crippen molar-refractivity contribution < 1.29 is 13.2 Å². The van der Waals surface area contributed by atoms with E-state index in [0.29, 0.717) is 18.3 Å². The molecule has 3 atom stereocenters. The van der Waals surface area contributed by atoms with E-state index in [1.165, 1.54) is 0 Å². The average molecular weight is 518 g/mol. The zero-order chi connectivity index (χ0) is 26.0. The van der Waals surface area contributed by atoms with Crippen LogP contribution >= 0.6 is 0 Å². The minimum atomic E-state index is -3.63. The topological polar surface area (TPSA) is 69.7 Å². The number of fused-ring (bicyclic) bond motifs is 1. The lowest BCUT2D eigenvalue weighted by atomic mass is 10.0. The molecule has 0 saturated carbocycles. The number of rotatable bonds is 8. The van der Waals surface area contributed by atoms with Crippen LogP contribution in [0.1, 0.15) is 39.5 Å². The Morgan fingerprint density at radius 2 is 1.41 bits per heavy atom. The zero-order valence-corrected chi connectivity index (χ0v) is 22.3. The van der Waals surface area contributed by atoms with E-state index in [-0.39, 0.29) is 16.8 Å². The number of hydrogen-bond donors (Lipinski definition) is 1. The second-order valence-corrected chi connectivity index (χ2v) is 12.2. The van der Waals surface area contributed by atoms with Crippen LogP contribution in [0.3, 0.4) is 0 Å². The monoisotopic (exact) mass is 517 g/mol. The molecule has 7 heteroatoms. The Bertz CT molecular complexity index is 1310. The highest BCUT2D eigenvalue weighted by Crippen LogP contribution is 2.33. The first-order valence-corrected chi connectivity index (χ1v) is 14.5. The lowest BCUT2D eigenvalue weighted by molar-refractivity contribution is 0.0772. The molecule has 3 aromatic carbocycles. The third-order valence-electron chi connectivity index (χ3n) is 7.83. The maximum atomic E-state index is 13.3. The maximum Gasteiger partial charge on any atom is 0.254 e. The Balaban J connectivity index is 1.21. The summed E-state index contributed by atoms with van der Waals surface area (Å²) in [7, 11) is -3.63. The van der Waals surface area contributed by atoms with Crippen molar-refractivity contribution in [3.63, 3.8) is 0 Å². The summed E-state index contributed by atoms with van der Waals surface area (Å²) < 4.78 is 29.1. The molecule has 5 rings (SSSR count). The largest absolute Gasteiger partial charge is 0.338 e. The van der Waals surface area contributed by atoms with Crippen LogP contribution < -0.4 is 4.72 Å². The van der Waals surface area contributed by atoms with Crippen LogP contribution in [-0.4, -0.2) is 56.8 Å². The lowest BCUT2D eigenvalue weighted by Gasteiger charge is -2.25. The first kappa shape index (κ1) is 25.6. The van der Waals surface area contributed by atoms with Gasteiger partial charge in [0.1, 0.15) is 0 Å². The molecule has 2 saturated heterocycles. The molecule has 1 amide bonds. The van der Waals surface area contributed by atoms with Crippen LogP contribution in [0.4, 0.5) is 0 Å². The Morgan fingerprint density at radius 3 is 2.00 bits per heavy atom. The standard InChI is InChI=1S/C30H35N3O3S/c1-22-10-9-11-23(2)29(22)30(34)33-20-25-18-32(19-26(25)21-33)17-16-28(24-12-5-3-6-13-24)31-37(35,36)27-14-7-4-8-15-27/h3-15,25-26,28,31H,16-21H2,1-2H3/t25?,26?,28-/m1/s1. The Hall–Kier alpha value is -3.00. The normalized spacial score (nSPS) is 20.6. The van der Waals surface area contributed by atoms with Crippen LogP contribution in [0, 0.1) is 25.7 Å². The smallest absolute Gasteiger partial charge is 0.254 e. The predicted octanol–water partition coefficient (Wildman–Crippen LogP) is 4.42. The van der Waals surface area contributed by atoms with Gasteiger partial charge in [0, 0.05) is 44.3 Å². The summed E-state index contributed by atoms with van der Waals surface area (Å²) in [6.45, 7) is 8.27. The third-order valence-corrected chi connectivity index (χ3v) is 9.32. The van der Waals surface area contributed by atoms with Crippen molar-refractivity contribution in [3.8, 4) is 0 Å². The van der Waals surface area contributed by atoms with Gasteiger partial charge in [0.2, 0.25) is 10.0 Å². The Morgan fingerprint density at radius 1 is 0.838 bits per heavy atom. The van der Waals surface area contributed by atoms with Gasteiger partial charge < -0.3 is 9.80 Å². The molecule has 0 radical (unpaired) electrons. The van der Waals surface area contributed by atoms with Gasteiger partial charge in [-0.15, -0.1) is 0 Å². The first-order valence-electron chi connectivity index (χ1n) is 13.0. The van der Waals surface area contributed by atoms with Gasteiger partial charge in [-0.3, -0.25) is 4.79 Å². The maximum absolute atomic E-state index is 13.3. The number of sulfonamides is 1.